The van der Waals surface area contributed by atoms with E-state index in [2.05, 4.69) is 25.5 Å². The molecule has 1 atom stereocenters. The first-order valence-corrected chi connectivity index (χ1v) is 6.93. The highest BCUT2D eigenvalue weighted by Gasteiger charge is 2.15. The lowest BCUT2D eigenvalue weighted by atomic mass is 10.2. The quantitative estimate of drug-likeness (QED) is 0.658. The molecule has 0 fully saturated rings. The molecule has 0 radical (unpaired) electrons. The Hall–Kier alpha value is -2.90. The standard InChI is InChI=1S/C14H17N7O/c1-8-4-3-5-21-10(7-16-13(8)21)6-11(22)17-9(2)12-18-14(15)20-19-12/h3-5,7,9H,6H2,1-2H3,(H,17,22)(H3,15,18,19,20). The number of carbonyl (C=O) groups excluding carboxylic acids is 1. The Labute approximate surface area is 126 Å². The van der Waals surface area contributed by atoms with Crippen molar-refractivity contribution in [1.82, 2.24) is 29.9 Å². The summed E-state index contributed by atoms with van der Waals surface area (Å²) in [5.74, 6) is 0.568. The van der Waals surface area contributed by atoms with Gasteiger partial charge in [-0.25, -0.2) is 4.98 Å². The van der Waals surface area contributed by atoms with Crippen LogP contribution in [0, 0.1) is 6.92 Å². The molecule has 0 saturated heterocycles. The van der Waals surface area contributed by atoms with Gasteiger partial charge < -0.3 is 15.5 Å². The molecule has 4 N–H and O–H groups in total. The number of aromatic amines is 1. The van der Waals surface area contributed by atoms with Crippen LogP contribution in [0.5, 0.6) is 0 Å². The van der Waals surface area contributed by atoms with Crippen molar-refractivity contribution in [1.29, 1.82) is 0 Å². The lowest BCUT2D eigenvalue weighted by Crippen LogP contribution is -2.29. The minimum absolute atomic E-state index is 0.120. The maximum atomic E-state index is 12.2. The van der Waals surface area contributed by atoms with Crippen LogP contribution in [0.15, 0.2) is 24.5 Å². The first-order chi connectivity index (χ1) is 10.5. The van der Waals surface area contributed by atoms with Crippen molar-refractivity contribution in [3.05, 3.63) is 41.6 Å². The highest BCUT2D eigenvalue weighted by molar-refractivity contribution is 5.78. The predicted octanol–water partition coefficient (Wildman–Crippen LogP) is 0.763. The molecule has 8 nitrogen and oxygen atoms in total. The summed E-state index contributed by atoms with van der Waals surface area (Å²) in [6, 6.07) is 3.63. The van der Waals surface area contributed by atoms with Gasteiger partial charge in [-0.15, -0.1) is 5.10 Å². The van der Waals surface area contributed by atoms with Gasteiger partial charge in [-0.05, 0) is 25.5 Å². The summed E-state index contributed by atoms with van der Waals surface area (Å²) >= 11 is 0. The van der Waals surface area contributed by atoms with Crippen LogP contribution in [0.2, 0.25) is 0 Å². The molecule has 0 aliphatic heterocycles. The van der Waals surface area contributed by atoms with Gasteiger partial charge in [0.15, 0.2) is 0 Å². The minimum atomic E-state index is -0.293. The van der Waals surface area contributed by atoms with Crippen LogP contribution in [-0.2, 0) is 11.2 Å². The number of hydrogen-bond donors (Lipinski definition) is 3. The van der Waals surface area contributed by atoms with E-state index < -0.39 is 0 Å². The number of imidazole rings is 1. The smallest absolute Gasteiger partial charge is 0.239 e. The average Bonchev–Trinajstić information content (AvgIpc) is 3.07. The number of nitrogens with zero attached hydrogens (tertiary/aromatic N) is 4. The number of aryl methyl sites for hydroxylation is 1. The molecule has 0 saturated carbocycles. The number of anilines is 1. The lowest BCUT2D eigenvalue weighted by molar-refractivity contribution is -0.121. The van der Waals surface area contributed by atoms with Gasteiger partial charge in [0.05, 0.1) is 18.2 Å². The molecule has 0 aromatic carbocycles. The number of hydrogen-bond acceptors (Lipinski definition) is 5. The molecule has 1 amide bonds. The Morgan fingerprint density at radius 1 is 1.55 bits per heavy atom. The third-order valence-electron chi connectivity index (χ3n) is 3.46. The van der Waals surface area contributed by atoms with Gasteiger partial charge >= 0.3 is 0 Å². The molecule has 114 valence electrons. The van der Waals surface area contributed by atoms with Gasteiger partial charge in [0, 0.05) is 12.4 Å². The normalized spacial score (nSPS) is 12.5. The largest absolute Gasteiger partial charge is 0.367 e. The topological polar surface area (TPSA) is 114 Å². The van der Waals surface area contributed by atoms with E-state index in [1.807, 2.05) is 36.6 Å². The first-order valence-electron chi connectivity index (χ1n) is 6.93. The third-order valence-corrected chi connectivity index (χ3v) is 3.46. The summed E-state index contributed by atoms with van der Waals surface area (Å²) in [6.45, 7) is 3.80. The molecule has 8 heteroatoms. The van der Waals surface area contributed by atoms with Crippen LogP contribution in [-0.4, -0.2) is 30.5 Å². The zero-order chi connectivity index (χ0) is 15.7. The van der Waals surface area contributed by atoms with Gasteiger partial charge in [0.2, 0.25) is 11.9 Å². The molecule has 3 heterocycles. The van der Waals surface area contributed by atoms with Crippen molar-refractivity contribution < 1.29 is 4.79 Å². The predicted molar refractivity (Wildman–Crippen MR) is 81.0 cm³/mol. The monoisotopic (exact) mass is 299 g/mol. The first kappa shape index (κ1) is 14.1. The van der Waals surface area contributed by atoms with Crippen LogP contribution in [0.4, 0.5) is 5.95 Å². The third kappa shape index (κ3) is 2.62. The maximum Gasteiger partial charge on any atom is 0.239 e. The number of pyridine rings is 1. The summed E-state index contributed by atoms with van der Waals surface area (Å²) in [5, 5.41) is 9.29. The fraction of sp³-hybridized carbons (Fsp3) is 0.286. The summed E-state index contributed by atoms with van der Waals surface area (Å²) in [4.78, 5) is 20.5. The van der Waals surface area contributed by atoms with E-state index in [9.17, 15) is 4.79 Å². The molecule has 22 heavy (non-hydrogen) atoms. The van der Waals surface area contributed by atoms with Crippen LogP contribution in [0.1, 0.15) is 30.0 Å². The van der Waals surface area contributed by atoms with Gasteiger partial charge in [0.25, 0.3) is 0 Å². The molecule has 3 aromatic heterocycles. The Bertz CT molecular complexity index is 820. The molecule has 0 bridgehead atoms. The van der Waals surface area contributed by atoms with E-state index >= 15 is 0 Å². The number of carbonyl (C=O) groups is 1. The average molecular weight is 299 g/mol. The Kier molecular flexibility index (Phi) is 3.50. The molecule has 0 spiro atoms. The second-order valence-electron chi connectivity index (χ2n) is 5.18. The van der Waals surface area contributed by atoms with Crippen molar-refractivity contribution in [3.63, 3.8) is 0 Å². The minimum Gasteiger partial charge on any atom is -0.367 e. The second kappa shape index (κ2) is 5.47. The zero-order valence-electron chi connectivity index (χ0n) is 12.4. The van der Waals surface area contributed by atoms with Crippen molar-refractivity contribution in [3.8, 4) is 0 Å². The molecule has 3 aromatic rings. The number of fused-ring (bicyclic) bond motifs is 1. The summed E-state index contributed by atoms with van der Waals surface area (Å²) in [5.41, 5.74) is 8.22. The molecular formula is C14H17N7O. The van der Waals surface area contributed by atoms with E-state index in [-0.39, 0.29) is 24.3 Å². The highest BCUT2D eigenvalue weighted by atomic mass is 16.1. The van der Waals surface area contributed by atoms with Crippen molar-refractivity contribution >= 4 is 17.5 Å². The molecular weight excluding hydrogens is 282 g/mol. The number of H-pyrrole nitrogens is 1. The molecule has 1 unspecified atom stereocenters. The van der Waals surface area contributed by atoms with Gasteiger partial charge in [-0.3, -0.25) is 9.89 Å². The lowest BCUT2D eigenvalue weighted by Gasteiger charge is -2.10. The molecule has 3 rings (SSSR count). The van der Waals surface area contributed by atoms with E-state index in [1.54, 1.807) is 6.20 Å². The van der Waals surface area contributed by atoms with Crippen LogP contribution in [0.25, 0.3) is 5.65 Å². The summed E-state index contributed by atoms with van der Waals surface area (Å²) < 4.78 is 1.92. The Morgan fingerprint density at radius 3 is 3.09 bits per heavy atom. The molecule has 0 aliphatic rings. The number of amides is 1. The summed E-state index contributed by atoms with van der Waals surface area (Å²) in [7, 11) is 0. The second-order valence-corrected chi connectivity index (χ2v) is 5.18. The SMILES string of the molecule is Cc1cccn2c(CC(=O)NC(C)c3nc(N)n[nH]3)cnc12. The van der Waals surface area contributed by atoms with E-state index in [4.69, 9.17) is 5.73 Å². The Balaban J connectivity index is 1.72. The van der Waals surface area contributed by atoms with E-state index in [0.29, 0.717) is 5.82 Å². The highest BCUT2D eigenvalue weighted by Crippen LogP contribution is 2.12. The van der Waals surface area contributed by atoms with Crippen LogP contribution >= 0.6 is 0 Å². The van der Waals surface area contributed by atoms with E-state index in [1.165, 1.54) is 0 Å². The van der Waals surface area contributed by atoms with Crippen LogP contribution < -0.4 is 11.1 Å². The maximum absolute atomic E-state index is 12.2. The van der Waals surface area contributed by atoms with Crippen molar-refractivity contribution in [2.75, 3.05) is 5.73 Å². The van der Waals surface area contributed by atoms with E-state index in [0.717, 1.165) is 16.9 Å². The van der Waals surface area contributed by atoms with Crippen LogP contribution in [0.3, 0.4) is 0 Å². The van der Waals surface area contributed by atoms with Gasteiger partial charge in [-0.1, -0.05) is 6.07 Å². The molecule has 0 aliphatic carbocycles. The van der Waals surface area contributed by atoms with Gasteiger partial charge in [0.1, 0.15) is 11.5 Å². The van der Waals surface area contributed by atoms with Crippen molar-refractivity contribution in [2.24, 2.45) is 0 Å². The fourth-order valence-corrected chi connectivity index (χ4v) is 2.34. The summed E-state index contributed by atoms with van der Waals surface area (Å²) in [6.07, 6.45) is 3.86. The van der Waals surface area contributed by atoms with Gasteiger partial charge in [-0.2, -0.15) is 4.98 Å². The number of nitrogens with two attached hydrogens (primary N) is 1. The fourth-order valence-electron chi connectivity index (χ4n) is 2.34. The Morgan fingerprint density at radius 2 is 2.36 bits per heavy atom. The number of aromatic nitrogens is 5. The zero-order valence-corrected chi connectivity index (χ0v) is 12.4. The number of rotatable bonds is 4. The number of nitrogens with one attached hydrogen (secondary N) is 2. The number of nitrogen functional groups attached to an aromatic ring is 1. The van der Waals surface area contributed by atoms with Crippen molar-refractivity contribution in [2.45, 2.75) is 26.3 Å².